The van der Waals surface area contributed by atoms with Crippen molar-refractivity contribution in [1.82, 2.24) is 20.0 Å². The molecule has 0 aromatic heterocycles. The molecule has 0 bridgehead atoms. The van der Waals surface area contributed by atoms with Crippen molar-refractivity contribution in [2.75, 3.05) is 52.4 Å². The van der Waals surface area contributed by atoms with E-state index in [1.165, 1.54) is 0 Å². The van der Waals surface area contributed by atoms with Gasteiger partial charge in [-0.2, -0.15) is 0 Å². The largest absolute Gasteiger partial charge is 0.342 e. The Morgan fingerprint density at radius 2 is 1.86 bits per heavy atom. The first-order chi connectivity index (χ1) is 10.7. The van der Waals surface area contributed by atoms with Crippen LogP contribution in [-0.2, 0) is 9.59 Å². The molecule has 6 nitrogen and oxygen atoms in total. The lowest BCUT2D eigenvalue weighted by Gasteiger charge is -2.26. The van der Waals surface area contributed by atoms with Gasteiger partial charge in [0.15, 0.2) is 0 Å². The summed E-state index contributed by atoms with van der Waals surface area (Å²) in [5.74, 6) is 0.441. The first kappa shape index (κ1) is 17.2. The van der Waals surface area contributed by atoms with Crippen LogP contribution in [0.15, 0.2) is 0 Å². The normalized spacial score (nSPS) is 23.4. The molecule has 0 spiro atoms. The molecule has 0 aromatic carbocycles. The molecular weight excluding hydrogens is 280 g/mol. The molecule has 0 aromatic rings. The summed E-state index contributed by atoms with van der Waals surface area (Å²) in [6, 6.07) is 0.0175. The van der Waals surface area contributed by atoms with Crippen LogP contribution in [0.5, 0.6) is 0 Å². The van der Waals surface area contributed by atoms with Crippen LogP contribution in [0, 0.1) is 0 Å². The molecule has 1 N–H and O–H groups in total. The maximum atomic E-state index is 12.5. The van der Waals surface area contributed by atoms with E-state index in [-0.39, 0.29) is 17.9 Å². The molecule has 6 heteroatoms. The molecular formula is C16H30N4O2. The van der Waals surface area contributed by atoms with Crippen LogP contribution in [0.3, 0.4) is 0 Å². The van der Waals surface area contributed by atoms with Crippen LogP contribution in [0.2, 0.25) is 0 Å². The fourth-order valence-electron chi connectivity index (χ4n) is 3.33. The molecule has 2 aliphatic heterocycles. The van der Waals surface area contributed by atoms with Crippen molar-refractivity contribution < 1.29 is 9.59 Å². The summed E-state index contributed by atoms with van der Waals surface area (Å²) < 4.78 is 0. The summed E-state index contributed by atoms with van der Waals surface area (Å²) in [5, 5.41) is 3.28. The van der Waals surface area contributed by atoms with Gasteiger partial charge >= 0.3 is 0 Å². The first-order valence-corrected chi connectivity index (χ1v) is 8.68. The maximum Gasteiger partial charge on any atom is 0.239 e. The molecule has 126 valence electrons. The minimum atomic E-state index is 0.0175. The Morgan fingerprint density at radius 3 is 2.50 bits per heavy atom. The second kappa shape index (κ2) is 8.48. The van der Waals surface area contributed by atoms with Crippen LogP contribution >= 0.6 is 0 Å². The number of likely N-dealkylation sites (N-methyl/N-ethyl adjacent to an activating group) is 1. The van der Waals surface area contributed by atoms with E-state index in [4.69, 9.17) is 0 Å². The van der Waals surface area contributed by atoms with Crippen LogP contribution in [0.25, 0.3) is 0 Å². The van der Waals surface area contributed by atoms with Gasteiger partial charge in [-0.05, 0) is 39.7 Å². The fourth-order valence-corrected chi connectivity index (χ4v) is 3.33. The topological polar surface area (TPSA) is 55.9 Å². The number of nitrogens with one attached hydrogen (secondary N) is 1. The van der Waals surface area contributed by atoms with Gasteiger partial charge in [0.25, 0.3) is 0 Å². The van der Waals surface area contributed by atoms with E-state index in [0.717, 1.165) is 65.1 Å². The zero-order valence-electron chi connectivity index (χ0n) is 14.0. The summed E-state index contributed by atoms with van der Waals surface area (Å²) >= 11 is 0. The first-order valence-electron chi connectivity index (χ1n) is 8.68. The van der Waals surface area contributed by atoms with E-state index in [9.17, 15) is 9.59 Å². The van der Waals surface area contributed by atoms with Gasteiger partial charge in [-0.1, -0.05) is 0 Å². The highest BCUT2D eigenvalue weighted by Crippen LogP contribution is 2.11. The lowest BCUT2D eigenvalue weighted by molar-refractivity contribution is -0.132. The lowest BCUT2D eigenvalue weighted by atomic mass is 10.2. The Balaban J connectivity index is 1.81. The zero-order chi connectivity index (χ0) is 15.9. The minimum Gasteiger partial charge on any atom is -0.342 e. The number of hydrogen-bond acceptors (Lipinski definition) is 4. The molecule has 2 fully saturated rings. The lowest BCUT2D eigenvalue weighted by Crippen LogP contribution is -2.45. The molecule has 2 heterocycles. The molecule has 2 saturated heterocycles. The van der Waals surface area contributed by atoms with Gasteiger partial charge in [-0.15, -0.1) is 0 Å². The maximum absolute atomic E-state index is 12.5. The highest BCUT2D eigenvalue weighted by molar-refractivity contribution is 5.82. The Bertz CT molecular complexity index is 378. The summed E-state index contributed by atoms with van der Waals surface area (Å²) in [4.78, 5) is 30.7. The van der Waals surface area contributed by atoms with E-state index in [1.54, 1.807) is 0 Å². The van der Waals surface area contributed by atoms with E-state index >= 15 is 0 Å². The Kier molecular flexibility index (Phi) is 6.64. The van der Waals surface area contributed by atoms with Crippen molar-refractivity contribution in [3.05, 3.63) is 0 Å². The van der Waals surface area contributed by atoms with Crippen LogP contribution in [-0.4, -0.2) is 84.9 Å². The Morgan fingerprint density at radius 1 is 1.09 bits per heavy atom. The van der Waals surface area contributed by atoms with Crippen molar-refractivity contribution >= 4 is 11.8 Å². The van der Waals surface area contributed by atoms with Gasteiger partial charge in [0, 0.05) is 39.3 Å². The van der Waals surface area contributed by atoms with Crippen molar-refractivity contribution in [2.24, 2.45) is 0 Å². The van der Waals surface area contributed by atoms with Gasteiger partial charge in [0.05, 0.1) is 12.6 Å². The van der Waals surface area contributed by atoms with Crippen molar-refractivity contribution in [2.45, 2.75) is 39.2 Å². The van der Waals surface area contributed by atoms with Crippen molar-refractivity contribution in [3.8, 4) is 0 Å². The molecule has 1 atom stereocenters. The monoisotopic (exact) mass is 310 g/mol. The van der Waals surface area contributed by atoms with E-state index in [0.29, 0.717) is 6.54 Å². The highest BCUT2D eigenvalue weighted by atomic mass is 16.2. The third-order valence-electron chi connectivity index (χ3n) is 4.73. The molecule has 1 unspecified atom stereocenters. The third-order valence-corrected chi connectivity index (χ3v) is 4.73. The summed E-state index contributed by atoms with van der Waals surface area (Å²) in [5.41, 5.74) is 0. The average molecular weight is 310 g/mol. The quantitative estimate of drug-likeness (QED) is 0.785. The van der Waals surface area contributed by atoms with Crippen LogP contribution < -0.4 is 5.32 Å². The van der Waals surface area contributed by atoms with Gasteiger partial charge < -0.3 is 15.1 Å². The van der Waals surface area contributed by atoms with Gasteiger partial charge in [0.1, 0.15) is 0 Å². The van der Waals surface area contributed by atoms with Crippen LogP contribution in [0.1, 0.15) is 33.1 Å². The van der Waals surface area contributed by atoms with E-state index in [2.05, 4.69) is 10.2 Å². The summed E-state index contributed by atoms with van der Waals surface area (Å²) in [7, 11) is 0. The second-order valence-corrected chi connectivity index (χ2v) is 6.17. The molecule has 0 radical (unpaired) electrons. The van der Waals surface area contributed by atoms with E-state index < -0.39 is 0 Å². The standard InChI is InChI=1S/C16H30N4O2/c1-3-19(4-2)15(21)13-18-9-6-10-20(12-11-18)16(22)14-7-5-8-17-14/h14,17H,3-13H2,1-2H3. The van der Waals surface area contributed by atoms with Crippen molar-refractivity contribution in [1.29, 1.82) is 0 Å². The number of carbonyl (C=O) groups excluding carboxylic acids is 2. The molecule has 2 aliphatic rings. The SMILES string of the molecule is CCN(CC)C(=O)CN1CCCN(C(=O)C2CCCN2)CC1. The second-order valence-electron chi connectivity index (χ2n) is 6.17. The number of nitrogens with zero attached hydrogens (tertiary/aromatic N) is 3. The van der Waals surface area contributed by atoms with Crippen LogP contribution in [0.4, 0.5) is 0 Å². The fraction of sp³-hybridized carbons (Fsp3) is 0.875. The van der Waals surface area contributed by atoms with Crippen molar-refractivity contribution in [3.63, 3.8) is 0 Å². The van der Waals surface area contributed by atoms with Gasteiger partial charge in [-0.25, -0.2) is 0 Å². The molecule has 0 aliphatic carbocycles. The number of amides is 2. The molecule has 22 heavy (non-hydrogen) atoms. The number of rotatable bonds is 5. The predicted octanol–water partition coefficient (Wildman–Crippen LogP) is 0.141. The molecule has 2 amide bonds. The smallest absolute Gasteiger partial charge is 0.239 e. The number of carbonyl (C=O) groups is 2. The minimum absolute atomic E-state index is 0.0175. The number of hydrogen-bond donors (Lipinski definition) is 1. The van der Waals surface area contributed by atoms with E-state index in [1.807, 2.05) is 23.6 Å². The Labute approximate surface area is 133 Å². The summed E-state index contributed by atoms with van der Waals surface area (Å²) in [6.07, 6.45) is 3.00. The van der Waals surface area contributed by atoms with Gasteiger partial charge in [0.2, 0.25) is 11.8 Å². The molecule has 2 rings (SSSR count). The highest BCUT2D eigenvalue weighted by Gasteiger charge is 2.28. The summed E-state index contributed by atoms with van der Waals surface area (Å²) in [6.45, 7) is 10.2. The zero-order valence-corrected chi connectivity index (χ0v) is 14.0. The third kappa shape index (κ3) is 4.43. The average Bonchev–Trinajstić information content (AvgIpc) is 2.95. The molecule has 0 saturated carbocycles. The van der Waals surface area contributed by atoms with Gasteiger partial charge in [-0.3, -0.25) is 14.5 Å². The predicted molar refractivity (Wildman–Crippen MR) is 86.6 cm³/mol. The Hall–Kier alpha value is -1.14.